The van der Waals surface area contributed by atoms with Gasteiger partial charge in [0.25, 0.3) is 0 Å². The number of hydrogen-bond donors (Lipinski definition) is 1. The molecule has 3 unspecified atom stereocenters. The van der Waals surface area contributed by atoms with E-state index in [1.807, 2.05) is 11.8 Å². The lowest BCUT2D eigenvalue weighted by atomic mass is 9.94. The molecular formula is C12H26N2S. The van der Waals surface area contributed by atoms with Crippen molar-refractivity contribution in [2.24, 2.45) is 0 Å². The summed E-state index contributed by atoms with van der Waals surface area (Å²) in [5.74, 6) is 0. The van der Waals surface area contributed by atoms with E-state index in [1.54, 1.807) is 0 Å². The Labute approximate surface area is 99.2 Å². The standard InChI is InChI=1S/C12H26N2S/c1-10(14(2)3)9-13-11-7-5-6-8-12(11)15-4/h10-13H,5-9H2,1-4H3. The number of nitrogens with zero attached hydrogens (tertiary/aromatic N) is 1. The summed E-state index contributed by atoms with van der Waals surface area (Å²) in [7, 11) is 4.30. The SMILES string of the molecule is CSC1CCCCC1NCC(C)N(C)C. The molecule has 1 saturated carbocycles. The van der Waals surface area contributed by atoms with Gasteiger partial charge in [-0.2, -0.15) is 11.8 Å². The van der Waals surface area contributed by atoms with Crippen molar-refractivity contribution in [1.29, 1.82) is 0 Å². The Morgan fingerprint density at radius 1 is 1.33 bits per heavy atom. The zero-order valence-corrected chi connectivity index (χ0v) is 11.4. The Hall–Kier alpha value is 0.270. The van der Waals surface area contributed by atoms with Gasteiger partial charge in [-0.25, -0.2) is 0 Å². The van der Waals surface area contributed by atoms with Gasteiger partial charge in [0.05, 0.1) is 0 Å². The van der Waals surface area contributed by atoms with Gasteiger partial charge in [0.1, 0.15) is 0 Å². The van der Waals surface area contributed by atoms with Crippen LogP contribution < -0.4 is 5.32 Å². The molecule has 0 radical (unpaired) electrons. The van der Waals surface area contributed by atoms with Crippen LogP contribution in [0.25, 0.3) is 0 Å². The van der Waals surface area contributed by atoms with Gasteiger partial charge in [-0.15, -0.1) is 0 Å². The summed E-state index contributed by atoms with van der Waals surface area (Å²) in [5.41, 5.74) is 0. The predicted molar refractivity (Wildman–Crippen MR) is 70.7 cm³/mol. The van der Waals surface area contributed by atoms with Gasteiger partial charge >= 0.3 is 0 Å². The molecule has 1 rings (SSSR count). The third-order valence-corrected chi connectivity index (χ3v) is 4.73. The second kappa shape index (κ2) is 6.77. The predicted octanol–water partition coefficient (Wildman–Crippen LogP) is 2.20. The second-order valence-electron chi connectivity index (χ2n) is 4.89. The molecule has 0 aromatic carbocycles. The molecular weight excluding hydrogens is 204 g/mol. The minimum absolute atomic E-state index is 0.634. The Bertz CT molecular complexity index is 173. The number of likely N-dealkylation sites (N-methyl/N-ethyl adjacent to an activating group) is 1. The lowest BCUT2D eigenvalue weighted by Gasteiger charge is -2.33. The van der Waals surface area contributed by atoms with Gasteiger partial charge in [-0.1, -0.05) is 12.8 Å². The van der Waals surface area contributed by atoms with E-state index in [0.717, 1.165) is 17.8 Å². The Morgan fingerprint density at radius 2 is 2.00 bits per heavy atom. The normalized spacial score (nSPS) is 29.4. The molecule has 1 aliphatic rings. The van der Waals surface area contributed by atoms with Crippen molar-refractivity contribution in [1.82, 2.24) is 10.2 Å². The Kier molecular flexibility index (Phi) is 6.02. The van der Waals surface area contributed by atoms with Crippen LogP contribution in [0.15, 0.2) is 0 Å². The van der Waals surface area contributed by atoms with E-state index in [1.165, 1.54) is 25.7 Å². The fourth-order valence-corrected chi connectivity index (χ4v) is 3.08. The first-order valence-electron chi connectivity index (χ1n) is 6.07. The van der Waals surface area contributed by atoms with Crippen LogP contribution >= 0.6 is 11.8 Å². The fraction of sp³-hybridized carbons (Fsp3) is 1.00. The molecule has 3 atom stereocenters. The van der Waals surface area contributed by atoms with E-state index in [2.05, 4.69) is 37.5 Å². The van der Waals surface area contributed by atoms with E-state index in [0.29, 0.717) is 6.04 Å². The van der Waals surface area contributed by atoms with Crippen LogP contribution in [0, 0.1) is 0 Å². The minimum atomic E-state index is 0.634. The third kappa shape index (κ3) is 4.33. The molecule has 0 spiro atoms. The van der Waals surface area contributed by atoms with Gasteiger partial charge in [0.15, 0.2) is 0 Å². The number of hydrogen-bond acceptors (Lipinski definition) is 3. The molecule has 90 valence electrons. The molecule has 0 amide bonds. The van der Waals surface area contributed by atoms with Crippen molar-refractivity contribution in [3.8, 4) is 0 Å². The van der Waals surface area contributed by atoms with Gasteiger partial charge < -0.3 is 10.2 Å². The molecule has 1 fully saturated rings. The van der Waals surface area contributed by atoms with Crippen molar-refractivity contribution in [3.63, 3.8) is 0 Å². The van der Waals surface area contributed by atoms with Crippen LogP contribution in [0.3, 0.4) is 0 Å². The quantitative estimate of drug-likeness (QED) is 0.779. The smallest absolute Gasteiger partial charge is 0.0198 e. The first kappa shape index (κ1) is 13.3. The van der Waals surface area contributed by atoms with Crippen LogP contribution in [-0.4, -0.2) is 49.1 Å². The van der Waals surface area contributed by atoms with Crippen molar-refractivity contribution in [2.75, 3.05) is 26.9 Å². The maximum Gasteiger partial charge on any atom is 0.0198 e. The summed E-state index contributed by atoms with van der Waals surface area (Å²) >= 11 is 2.04. The number of nitrogens with one attached hydrogen (secondary N) is 1. The van der Waals surface area contributed by atoms with Gasteiger partial charge in [-0.05, 0) is 40.1 Å². The molecule has 1 N–H and O–H groups in total. The molecule has 3 heteroatoms. The zero-order chi connectivity index (χ0) is 11.3. The number of thioether (sulfide) groups is 1. The Balaban J connectivity index is 2.29. The lowest BCUT2D eigenvalue weighted by Crippen LogP contribution is -2.45. The van der Waals surface area contributed by atoms with Crippen LogP contribution in [0.2, 0.25) is 0 Å². The van der Waals surface area contributed by atoms with E-state index >= 15 is 0 Å². The largest absolute Gasteiger partial charge is 0.311 e. The molecule has 0 bridgehead atoms. The first-order valence-corrected chi connectivity index (χ1v) is 7.36. The molecule has 1 aliphatic carbocycles. The summed E-state index contributed by atoms with van der Waals surface area (Å²) in [5, 5.41) is 4.58. The molecule has 0 aliphatic heterocycles. The highest BCUT2D eigenvalue weighted by Crippen LogP contribution is 2.27. The average Bonchev–Trinajstić information content (AvgIpc) is 2.26. The van der Waals surface area contributed by atoms with Crippen molar-refractivity contribution in [3.05, 3.63) is 0 Å². The molecule has 2 nitrogen and oxygen atoms in total. The van der Waals surface area contributed by atoms with Crippen LogP contribution in [-0.2, 0) is 0 Å². The van der Waals surface area contributed by atoms with E-state index < -0.39 is 0 Å². The molecule has 0 aromatic rings. The maximum atomic E-state index is 3.74. The molecule has 0 aromatic heterocycles. The summed E-state index contributed by atoms with van der Waals surface area (Å²) in [6.45, 7) is 3.40. The fourth-order valence-electron chi connectivity index (χ4n) is 2.12. The van der Waals surface area contributed by atoms with E-state index in [-0.39, 0.29) is 0 Å². The van der Waals surface area contributed by atoms with E-state index in [9.17, 15) is 0 Å². The van der Waals surface area contributed by atoms with Crippen molar-refractivity contribution < 1.29 is 0 Å². The Morgan fingerprint density at radius 3 is 2.60 bits per heavy atom. The van der Waals surface area contributed by atoms with Gasteiger partial charge in [0.2, 0.25) is 0 Å². The average molecular weight is 230 g/mol. The highest BCUT2D eigenvalue weighted by Gasteiger charge is 2.24. The highest BCUT2D eigenvalue weighted by molar-refractivity contribution is 7.99. The van der Waals surface area contributed by atoms with Crippen LogP contribution in [0.4, 0.5) is 0 Å². The van der Waals surface area contributed by atoms with Crippen molar-refractivity contribution >= 4 is 11.8 Å². The minimum Gasteiger partial charge on any atom is -0.311 e. The van der Waals surface area contributed by atoms with Crippen LogP contribution in [0.5, 0.6) is 0 Å². The summed E-state index contributed by atoms with van der Waals surface area (Å²) in [6, 6.07) is 1.38. The second-order valence-corrected chi connectivity index (χ2v) is 5.96. The summed E-state index contributed by atoms with van der Waals surface area (Å²) < 4.78 is 0. The molecule has 0 saturated heterocycles. The highest BCUT2D eigenvalue weighted by atomic mass is 32.2. The lowest BCUT2D eigenvalue weighted by molar-refractivity contribution is 0.279. The summed E-state index contributed by atoms with van der Waals surface area (Å²) in [4.78, 5) is 2.28. The third-order valence-electron chi connectivity index (χ3n) is 3.56. The molecule has 0 heterocycles. The van der Waals surface area contributed by atoms with Crippen molar-refractivity contribution in [2.45, 2.75) is 49.9 Å². The van der Waals surface area contributed by atoms with E-state index in [4.69, 9.17) is 0 Å². The van der Waals surface area contributed by atoms with Crippen LogP contribution in [0.1, 0.15) is 32.6 Å². The van der Waals surface area contributed by atoms with Gasteiger partial charge in [0, 0.05) is 23.9 Å². The topological polar surface area (TPSA) is 15.3 Å². The zero-order valence-electron chi connectivity index (χ0n) is 10.6. The molecule has 15 heavy (non-hydrogen) atoms. The first-order chi connectivity index (χ1) is 7.15. The maximum absolute atomic E-state index is 3.74. The monoisotopic (exact) mass is 230 g/mol. The number of rotatable bonds is 5. The summed E-state index contributed by atoms with van der Waals surface area (Å²) in [6.07, 6.45) is 7.85. The van der Waals surface area contributed by atoms with Gasteiger partial charge in [-0.3, -0.25) is 0 Å².